The normalized spacial score (nSPS) is 18.4. The summed E-state index contributed by atoms with van der Waals surface area (Å²) in [5.41, 5.74) is 0.889. The number of benzene rings is 2. The molecule has 1 N–H and O–H groups in total. The van der Waals surface area contributed by atoms with Crippen LogP contribution in [0, 0.1) is 0 Å². The summed E-state index contributed by atoms with van der Waals surface area (Å²) in [6.07, 6.45) is -3.42. The molecule has 1 aromatic heterocycles. The van der Waals surface area contributed by atoms with E-state index in [1.165, 1.54) is 15.9 Å². The molecule has 176 valence electrons. The van der Waals surface area contributed by atoms with E-state index in [0.29, 0.717) is 16.2 Å². The van der Waals surface area contributed by atoms with E-state index in [1.807, 2.05) is 24.3 Å². The summed E-state index contributed by atoms with van der Waals surface area (Å²) in [6, 6.07) is 12.8. The van der Waals surface area contributed by atoms with Gasteiger partial charge >= 0.3 is 6.18 Å². The summed E-state index contributed by atoms with van der Waals surface area (Å²) in [5, 5.41) is 12.0. The quantitative estimate of drug-likeness (QED) is 0.619. The van der Waals surface area contributed by atoms with Crippen LogP contribution in [0.1, 0.15) is 40.1 Å². The molecule has 1 unspecified atom stereocenters. The van der Waals surface area contributed by atoms with Crippen molar-refractivity contribution in [2.45, 2.75) is 31.8 Å². The highest BCUT2D eigenvalue weighted by atomic mass is 19.4. The Bertz CT molecular complexity index is 1290. The molecule has 0 saturated carbocycles. The number of aromatic hydroxyl groups is 1. The second-order valence-corrected chi connectivity index (χ2v) is 8.22. The molecule has 3 aromatic rings. The molecule has 2 atom stereocenters. The Kier molecular flexibility index (Phi) is 5.03. The SMILES string of the molecule is C[C@@H](N1CN(C2c3ccccc3COc3ccccc32)n2ccc(=O)c(O)c2C1=O)C(F)(F)F. The number of ether oxygens (including phenoxy) is 1. The molecular formula is C24H20F3N3O4. The third-order valence-corrected chi connectivity index (χ3v) is 6.28. The molecule has 10 heteroatoms. The highest BCUT2D eigenvalue weighted by Crippen LogP contribution is 2.41. The Morgan fingerprint density at radius 3 is 2.44 bits per heavy atom. The predicted molar refractivity (Wildman–Crippen MR) is 116 cm³/mol. The first-order valence-corrected chi connectivity index (χ1v) is 10.6. The first kappa shape index (κ1) is 21.9. The topological polar surface area (TPSA) is 75.0 Å². The van der Waals surface area contributed by atoms with Gasteiger partial charge in [-0.1, -0.05) is 42.5 Å². The molecule has 7 nitrogen and oxygen atoms in total. The van der Waals surface area contributed by atoms with E-state index in [1.54, 1.807) is 24.3 Å². The van der Waals surface area contributed by atoms with E-state index in [0.717, 1.165) is 24.1 Å². The Morgan fingerprint density at radius 1 is 1.03 bits per heavy atom. The Morgan fingerprint density at radius 2 is 1.71 bits per heavy atom. The Hall–Kier alpha value is -3.95. The fourth-order valence-corrected chi connectivity index (χ4v) is 4.45. The van der Waals surface area contributed by atoms with Gasteiger partial charge in [-0.3, -0.25) is 19.3 Å². The van der Waals surface area contributed by atoms with Gasteiger partial charge in [0.1, 0.15) is 31.1 Å². The number of para-hydroxylation sites is 1. The van der Waals surface area contributed by atoms with Crippen LogP contribution in [-0.4, -0.2) is 39.5 Å². The molecule has 0 bridgehead atoms. The lowest BCUT2D eigenvalue weighted by atomic mass is 9.94. The van der Waals surface area contributed by atoms with Crippen LogP contribution < -0.4 is 15.2 Å². The van der Waals surface area contributed by atoms with Gasteiger partial charge in [-0.25, -0.2) is 0 Å². The van der Waals surface area contributed by atoms with Crippen molar-refractivity contribution in [3.63, 3.8) is 0 Å². The van der Waals surface area contributed by atoms with Crippen molar-refractivity contribution in [1.29, 1.82) is 0 Å². The van der Waals surface area contributed by atoms with Crippen LogP contribution in [-0.2, 0) is 6.61 Å². The van der Waals surface area contributed by atoms with Crippen LogP contribution in [0.5, 0.6) is 11.5 Å². The van der Waals surface area contributed by atoms with E-state index in [-0.39, 0.29) is 6.61 Å². The number of fused-ring (bicyclic) bond motifs is 3. The van der Waals surface area contributed by atoms with Crippen molar-refractivity contribution in [2.24, 2.45) is 0 Å². The van der Waals surface area contributed by atoms with Crippen molar-refractivity contribution < 1.29 is 27.8 Å². The van der Waals surface area contributed by atoms with E-state index >= 15 is 0 Å². The van der Waals surface area contributed by atoms with Gasteiger partial charge in [0.2, 0.25) is 5.43 Å². The highest BCUT2D eigenvalue weighted by molar-refractivity contribution is 5.96. The number of amides is 1. The Balaban J connectivity index is 1.77. The number of carbonyl (C=O) groups is 1. The van der Waals surface area contributed by atoms with Crippen molar-refractivity contribution in [1.82, 2.24) is 9.58 Å². The number of aromatic nitrogens is 1. The molecule has 0 spiro atoms. The Labute approximate surface area is 192 Å². The predicted octanol–water partition coefficient (Wildman–Crippen LogP) is 3.54. The van der Waals surface area contributed by atoms with E-state index in [2.05, 4.69) is 0 Å². The highest BCUT2D eigenvalue weighted by Gasteiger charge is 2.47. The lowest BCUT2D eigenvalue weighted by Gasteiger charge is -2.45. The zero-order chi connectivity index (χ0) is 24.2. The van der Waals surface area contributed by atoms with Gasteiger partial charge in [-0.2, -0.15) is 13.2 Å². The smallest absolute Gasteiger partial charge is 0.408 e. The van der Waals surface area contributed by atoms with Gasteiger partial charge < -0.3 is 14.7 Å². The monoisotopic (exact) mass is 471 g/mol. The van der Waals surface area contributed by atoms with Crippen LogP contribution in [0.2, 0.25) is 0 Å². The molecule has 2 aromatic carbocycles. The minimum atomic E-state index is -4.71. The molecule has 5 rings (SSSR count). The molecule has 3 heterocycles. The lowest BCUT2D eigenvalue weighted by Crippen LogP contribution is -2.60. The number of halogens is 3. The number of hydrogen-bond acceptors (Lipinski definition) is 5. The minimum Gasteiger partial charge on any atom is -0.502 e. The van der Waals surface area contributed by atoms with Crippen LogP contribution in [0.3, 0.4) is 0 Å². The molecule has 1 amide bonds. The molecule has 2 aliphatic heterocycles. The summed E-state index contributed by atoms with van der Waals surface area (Å²) >= 11 is 0. The number of hydrogen-bond donors (Lipinski definition) is 1. The fraction of sp³-hybridized carbons (Fsp3) is 0.250. The van der Waals surface area contributed by atoms with Crippen LogP contribution in [0.15, 0.2) is 65.6 Å². The van der Waals surface area contributed by atoms with Gasteiger partial charge in [-0.15, -0.1) is 0 Å². The number of carbonyl (C=O) groups excluding carboxylic acids is 1. The summed E-state index contributed by atoms with van der Waals surface area (Å²) in [6.45, 7) is 0.686. The van der Waals surface area contributed by atoms with Crippen LogP contribution >= 0.6 is 0 Å². The van der Waals surface area contributed by atoms with Gasteiger partial charge in [0, 0.05) is 17.8 Å². The maximum absolute atomic E-state index is 13.7. The minimum absolute atomic E-state index is 0.251. The summed E-state index contributed by atoms with van der Waals surface area (Å²) < 4.78 is 48.4. The molecule has 0 radical (unpaired) electrons. The first-order valence-electron chi connectivity index (χ1n) is 10.6. The van der Waals surface area contributed by atoms with Crippen molar-refractivity contribution in [3.8, 4) is 11.5 Å². The second kappa shape index (κ2) is 7.82. The third-order valence-electron chi connectivity index (χ3n) is 6.28. The zero-order valence-corrected chi connectivity index (χ0v) is 18.0. The van der Waals surface area contributed by atoms with Crippen LogP contribution in [0.25, 0.3) is 0 Å². The molecular weight excluding hydrogens is 451 g/mol. The van der Waals surface area contributed by atoms with E-state index < -0.39 is 47.7 Å². The zero-order valence-electron chi connectivity index (χ0n) is 18.0. The number of rotatable bonds is 2. The summed E-state index contributed by atoms with van der Waals surface area (Å²) in [5.74, 6) is -1.44. The molecule has 0 aliphatic carbocycles. The maximum atomic E-state index is 13.7. The fourth-order valence-electron chi connectivity index (χ4n) is 4.45. The van der Waals surface area contributed by atoms with E-state index in [4.69, 9.17) is 4.74 Å². The van der Waals surface area contributed by atoms with Crippen molar-refractivity contribution in [2.75, 3.05) is 11.7 Å². The third kappa shape index (κ3) is 3.37. The number of nitrogens with zero attached hydrogens (tertiary/aromatic N) is 3. The standard InChI is InChI=1S/C24H20F3N3O4/c1-14(24(25,26)27)28-13-30(29-11-10-18(31)22(32)21(29)23(28)33)20-16-7-3-2-6-15(16)12-34-19-9-5-4-8-17(19)20/h2-11,14,20,32H,12-13H2,1H3/t14-,20?/m1/s1. The molecule has 0 fully saturated rings. The molecule has 2 aliphatic rings. The molecule has 34 heavy (non-hydrogen) atoms. The van der Waals surface area contributed by atoms with Gasteiger partial charge in [0.25, 0.3) is 5.91 Å². The molecule has 0 saturated heterocycles. The largest absolute Gasteiger partial charge is 0.502 e. The second-order valence-electron chi connectivity index (χ2n) is 8.22. The van der Waals surface area contributed by atoms with Crippen molar-refractivity contribution in [3.05, 3.63) is 93.4 Å². The number of alkyl halides is 3. The van der Waals surface area contributed by atoms with Crippen molar-refractivity contribution >= 4 is 5.91 Å². The number of pyridine rings is 1. The average molecular weight is 471 g/mol. The summed E-state index contributed by atoms with van der Waals surface area (Å²) in [4.78, 5) is 25.9. The van der Waals surface area contributed by atoms with Gasteiger partial charge in [0.05, 0.1) is 0 Å². The summed E-state index contributed by atoms with van der Waals surface area (Å²) in [7, 11) is 0. The van der Waals surface area contributed by atoms with E-state index in [9.17, 15) is 27.9 Å². The maximum Gasteiger partial charge on any atom is 0.408 e. The van der Waals surface area contributed by atoms with Crippen LogP contribution in [0.4, 0.5) is 13.2 Å². The first-order chi connectivity index (χ1) is 16.2. The lowest BCUT2D eigenvalue weighted by molar-refractivity contribution is -0.173. The van der Waals surface area contributed by atoms with Gasteiger partial charge in [0.15, 0.2) is 11.4 Å². The average Bonchev–Trinajstić information content (AvgIpc) is 2.97. The van der Waals surface area contributed by atoms with Gasteiger partial charge in [-0.05, 0) is 24.1 Å².